The second-order valence-corrected chi connectivity index (χ2v) is 4.23. The lowest BCUT2D eigenvalue weighted by Crippen LogP contribution is -2.22. The van der Waals surface area contributed by atoms with E-state index in [1.54, 1.807) is 0 Å². The van der Waals surface area contributed by atoms with Gasteiger partial charge < -0.3 is 5.32 Å². The molecule has 0 heterocycles. The quantitative estimate of drug-likeness (QED) is 0.759. The van der Waals surface area contributed by atoms with Crippen molar-refractivity contribution in [1.29, 1.82) is 0 Å². The lowest BCUT2D eigenvalue weighted by molar-refractivity contribution is 0.444. The standard InChI is InChI=1S/C12H14F3N/c13-10-6-9(7-11(14)12(10)15)16-8-4-2-1-3-5-8/h6-8,16H,1-5H2. The van der Waals surface area contributed by atoms with E-state index >= 15 is 0 Å². The third-order valence-electron chi connectivity index (χ3n) is 2.96. The summed E-state index contributed by atoms with van der Waals surface area (Å²) in [5.41, 5.74) is 0.323. The van der Waals surface area contributed by atoms with E-state index in [-0.39, 0.29) is 6.04 Å². The van der Waals surface area contributed by atoms with Crippen molar-refractivity contribution >= 4 is 5.69 Å². The van der Waals surface area contributed by atoms with Crippen molar-refractivity contribution < 1.29 is 13.2 Å². The molecule has 0 spiro atoms. The Morgan fingerprint density at radius 3 is 2.06 bits per heavy atom. The van der Waals surface area contributed by atoms with Crippen LogP contribution in [0.25, 0.3) is 0 Å². The van der Waals surface area contributed by atoms with Gasteiger partial charge in [-0.25, -0.2) is 13.2 Å². The molecule has 1 aromatic rings. The van der Waals surface area contributed by atoms with Crippen molar-refractivity contribution in [3.63, 3.8) is 0 Å². The molecule has 4 heteroatoms. The van der Waals surface area contributed by atoms with Gasteiger partial charge in [-0.05, 0) is 12.8 Å². The van der Waals surface area contributed by atoms with Crippen LogP contribution in [-0.4, -0.2) is 6.04 Å². The van der Waals surface area contributed by atoms with E-state index < -0.39 is 17.5 Å². The van der Waals surface area contributed by atoms with Crippen molar-refractivity contribution in [2.75, 3.05) is 5.32 Å². The Kier molecular flexibility index (Phi) is 3.36. The summed E-state index contributed by atoms with van der Waals surface area (Å²) in [7, 11) is 0. The van der Waals surface area contributed by atoms with Gasteiger partial charge in [-0.15, -0.1) is 0 Å². The second kappa shape index (κ2) is 4.76. The summed E-state index contributed by atoms with van der Waals surface area (Å²) < 4.78 is 38.6. The highest BCUT2D eigenvalue weighted by Crippen LogP contribution is 2.23. The van der Waals surface area contributed by atoms with Crippen LogP contribution < -0.4 is 5.32 Å². The van der Waals surface area contributed by atoms with Crippen molar-refractivity contribution in [1.82, 2.24) is 0 Å². The van der Waals surface area contributed by atoms with Gasteiger partial charge in [-0.2, -0.15) is 0 Å². The SMILES string of the molecule is Fc1cc(NC2CCCCC2)cc(F)c1F. The predicted octanol–water partition coefficient (Wildman–Crippen LogP) is 3.85. The molecule has 0 unspecified atom stereocenters. The molecule has 16 heavy (non-hydrogen) atoms. The van der Waals surface area contributed by atoms with E-state index in [9.17, 15) is 13.2 Å². The molecule has 0 radical (unpaired) electrons. The Morgan fingerprint density at radius 2 is 1.50 bits per heavy atom. The van der Waals surface area contributed by atoms with Crippen LogP contribution in [0.1, 0.15) is 32.1 Å². The fourth-order valence-corrected chi connectivity index (χ4v) is 2.12. The topological polar surface area (TPSA) is 12.0 Å². The number of rotatable bonds is 2. The molecule has 1 aromatic carbocycles. The minimum absolute atomic E-state index is 0.248. The summed E-state index contributed by atoms with van der Waals surface area (Å²) in [5, 5.41) is 3.04. The smallest absolute Gasteiger partial charge is 0.194 e. The summed E-state index contributed by atoms with van der Waals surface area (Å²) in [4.78, 5) is 0. The molecule has 0 saturated heterocycles. The first kappa shape index (κ1) is 11.3. The lowest BCUT2D eigenvalue weighted by Gasteiger charge is -2.23. The van der Waals surface area contributed by atoms with Crippen LogP contribution in [0.2, 0.25) is 0 Å². The number of hydrogen-bond acceptors (Lipinski definition) is 1. The Morgan fingerprint density at radius 1 is 0.938 bits per heavy atom. The van der Waals surface area contributed by atoms with Crippen LogP contribution >= 0.6 is 0 Å². The van der Waals surface area contributed by atoms with Gasteiger partial charge in [0.1, 0.15) is 0 Å². The van der Waals surface area contributed by atoms with E-state index in [1.807, 2.05) is 0 Å². The predicted molar refractivity (Wildman–Crippen MR) is 56.8 cm³/mol. The van der Waals surface area contributed by atoms with E-state index in [1.165, 1.54) is 6.42 Å². The van der Waals surface area contributed by atoms with Gasteiger partial charge in [-0.3, -0.25) is 0 Å². The van der Waals surface area contributed by atoms with Crippen molar-refractivity contribution in [3.8, 4) is 0 Å². The fourth-order valence-electron chi connectivity index (χ4n) is 2.12. The van der Waals surface area contributed by atoms with Crippen LogP contribution in [-0.2, 0) is 0 Å². The minimum Gasteiger partial charge on any atom is -0.382 e. The molecular formula is C12H14F3N. The number of hydrogen-bond donors (Lipinski definition) is 1. The molecule has 1 aliphatic rings. The zero-order valence-electron chi connectivity index (χ0n) is 8.90. The average molecular weight is 229 g/mol. The maximum Gasteiger partial charge on any atom is 0.194 e. The molecule has 88 valence electrons. The summed E-state index contributed by atoms with van der Waals surface area (Å²) in [6.45, 7) is 0. The van der Waals surface area contributed by atoms with Gasteiger partial charge in [0.15, 0.2) is 17.5 Å². The molecule has 1 nitrogen and oxygen atoms in total. The molecule has 1 N–H and O–H groups in total. The molecule has 0 aromatic heterocycles. The summed E-state index contributed by atoms with van der Waals surface area (Å²) in [5.74, 6) is -3.69. The first-order chi connectivity index (χ1) is 7.66. The van der Waals surface area contributed by atoms with Crippen LogP contribution in [0.5, 0.6) is 0 Å². The highest BCUT2D eigenvalue weighted by atomic mass is 19.2. The fraction of sp³-hybridized carbons (Fsp3) is 0.500. The molecule has 2 rings (SSSR count). The van der Waals surface area contributed by atoms with Crippen LogP contribution in [0.3, 0.4) is 0 Å². The monoisotopic (exact) mass is 229 g/mol. The highest BCUT2D eigenvalue weighted by Gasteiger charge is 2.15. The molecule has 1 fully saturated rings. The lowest BCUT2D eigenvalue weighted by atomic mass is 9.95. The second-order valence-electron chi connectivity index (χ2n) is 4.23. The molecule has 0 bridgehead atoms. The van der Waals surface area contributed by atoms with E-state index in [4.69, 9.17) is 0 Å². The maximum absolute atomic E-state index is 12.9. The molecule has 0 atom stereocenters. The Hall–Kier alpha value is -1.19. The van der Waals surface area contributed by atoms with Crippen molar-refractivity contribution in [2.24, 2.45) is 0 Å². The van der Waals surface area contributed by atoms with Gasteiger partial charge in [0.2, 0.25) is 0 Å². The van der Waals surface area contributed by atoms with Gasteiger partial charge in [0.05, 0.1) is 0 Å². The van der Waals surface area contributed by atoms with E-state index in [0.29, 0.717) is 5.69 Å². The first-order valence-electron chi connectivity index (χ1n) is 5.58. The largest absolute Gasteiger partial charge is 0.382 e. The summed E-state index contributed by atoms with van der Waals surface area (Å²) in [6.07, 6.45) is 5.47. The number of anilines is 1. The number of nitrogens with one attached hydrogen (secondary N) is 1. The van der Waals surface area contributed by atoms with E-state index in [0.717, 1.165) is 37.8 Å². The zero-order chi connectivity index (χ0) is 11.5. The number of benzene rings is 1. The Balaban J connectivity index is 2.09. The zero-order valence-corrected chi connectivity index (χ0v) is 8.90. The third kappa shape index (κ3) is 2.49. The third-order valence-corrected chi connectivity index (χ3v) is 2.96. The van der Waals surface area contributed by atoms with Crippen LogP contribution in [0.15, 0.2) is 12.1 Å². The molecule has 1 saturated carbocycles. The molecule has 0 amide bonds. The average Bonchev–Trinajstić information content (AvgIpc) is 2.27. The van der Waals surface area contributed by atoms with Gasteiger partial charge in [-0.1, -0.05) is 19.3 Å². The highest BCUT2D eigenvalue weighted by molar-refractivity contribution is 5.45. The minimum atomic E-state index is -1.41. The molecular weight excluding hydrogens is 215 g/mol. The Bertz CT molecular complexity index is 350. The molecule has 1 aliphatic carbocycles. The molecule has 0 aliphatic heterocycles. The Labute approximate surface area is 92.7 Å². The van der Waals surface area contributed by atoms with E-state index in [2.05, 4.69) is 5.32 Å². The van der Waals surface area contributed by atoms with Gasteiger partial charge >= 0.3 is 0 Å². The van der Waals surface area contributed by atoms with Gasteiger partial charge in [0, 0.05) is 23.9 Å². The number of halogens is 3. The normalized spacial score (nSPS) is 17.4. The van der Waals surface area contributed by atoms with Gasteiger partial charge in [0.25, 0.3) is 0 Å². The maximum atomic E-state index is 12.9. The van der Waals surface area contributed by atoms with Crippen molar-refractivity contribution in [3.05, 3.63) is 29.6 Å². The summed E-state index contributed by atoms with van der Waals surface area (Å²) >= 11 is 0. The first-order valence-corrected chi connectivity index (χ1v) is 5.58. The van der Waals surface area contributed by atoms with Crippen LogP contribution in [0, 0.1) is 17.5 Å². The van der Waals surface area contributed by atoms with Crippen LogP contribution in [0.4, 0.5) is 18.9 Å². The summed E-state index contributed by atoms with van der Waals surface area (Å²) in [6, 6.07) is 2.26. The van der Waals surface area contributed by atoms with Crippen molar-refractivity contribution in [2.45, 2.75) is 38.1 Å².